The number of carboxylic acid groups (broad SMARTS) is 3. The van der Waals surface area contributed by atoms with Gasteiger partial charge < -0.3 is 15.3 Å². The van der Waals surface area contributed by atoms with E-state index in [1.807, 2.05) is 0 Å². The van der Waals surface area contributed by atoms with Crippen LogP contribution in [0.5, 0.6) is 0 Å². The number of hydrogen-bond donors (Lipinski definition) is 3. The molecule has 0 atom stereocenters. The van der Waals surface area contributed by atoms with Gasteiger partial charge in [-0.05, 0) is 6.04 Å². The molecule has 0 aromatic heterocycles. The van der Waals surface area contributed by atoms with Crippen LogP contribution in [0, 0.1) is 0 Å². The zero-order chi connectivity index (χ0) is 10.6. The highest BCUT2D eigenvalue weighted by molar-refractivity contribution is 7.38. The standard InChI is InChI=1S/C6H8O6Si/c1-2-3-13(4(7)8,5(9)10)6(11)12/h2H,1,3H2,(H,7,8)(H,9,10)(H,11,12). The molecule has 3 N–H and O–H groups in total. The van der Waals surface area contributed by atoms with Crippen molar-refractivity contribution in [1.82, 2.24) is 0 Å². The lowest BCUT2D eigenvalue weighted by Crippen LogP contribution is -2.57. The summed E-state index contributed by atoms with van der Waals surface area (Å²) in [6, 6.07) is -0.521. The van der Waals surface area contributed by atoms with Gasteiger partial charge in [0, 0.05) is 0 Å². The Labute approximate surface area is 74.1 Å². The summed E-state index contributed by atoms with van der Waals surface area (Å²) < 4.78 is 0. The lowest BCUT2D eigenvalue weighted by atomic mass is 10.8. The first-order chi connectivity index (χ1) is 5.89. The lowest BCUT2D eigenvalue weighted by molar-refractivity contribution is 0.201. The van der Waals surface area contributed by atoms with Gasteiger partial charge in [-0.3, -0.25) is 14.4 Å². The number of hydrogen-bond acceptors (Lipinski definition) is 3. The molecule has 13 heavy (non-hydrogen) atoms. The molecule has 0 amide bonds. The Morgan fingerprint density at radius 3 is 1.46 bits per heavy atom. The summed E-state index contributed by atoms with van der Waals surface area (Å²) >= 11 is 0. The third-order valence-corrected chi connectivity index (χ3v) is 4.64. The van der Waals surface area contributed by atoms with E-state index >= 15 is 0 Å². The number of allylic oxidation sites excluding steroid dienone is 1. The van der Waals surface area contributed by atoms with Crippen molar-refractivity contribution in [2.75, 3.05) is 0 Å². The molecule has 7 heteroatoms. The molecule has 6 nitrogen and oxygen atoms in total. The summed E-state index contributed by atoms with van der Waals surface area (Å²) in [5.41, 5.74) is -5.31. The van der Waals surface area contributed by atoms with Crippen LogP contribution in [0.1, 0.15) is 0 Å². The Kier molecular flexibility index (Phi) is 3.37. The maximum Gasteiger partial charge on any atom is 0.434 e. The minimum absolute atomic E-state index is 0.521. The van der Waals surface area contributed by atoms with Gasteiger partial charge in [0.15, 0.2) is 0 Å². The van der Waals surface area contributed by atoms with Crippen LogP contribution in [-0.4, -0.2) is 40.2 Å². The smallest absolute Gasteiger partial charge is 0.434 e. The molecule has 0 aromatic rings. The van der Waals surface area contributed by atoms with E-state index in [9.17, 15) is 14.4 Å². The van der Waals surface area contributed by atoms with Crippen LogP contribution in [0.2, 0.25) is 6.04 Å². The van der Waals surface area contributed by atoms with Crippen molar-refractivity contribution in [3.63, 3.8) is 0 Å². The second kappa shape index (κ2) is 3.85. The van der Waals surface area contributed by atoms with Crippen molar-refractivity contribution >= 4 is 24.9 Å². The van der Waals surface area contributed by atoms with Gasteiger partial charge in [0.25, 0.3) is 16.8 Å². The van der Waals surface area contributed by atoms with E-state index in [0.717, 1.165) is 6.08 Å². The van der Waals surface area contributed by atoms with E-state index < -0.39 is 30.9 Å². The van der Waals surface area contributed by atoms with Gasteiger partial charge >= 0.3 is 8.07 Å². The van der Waals surface area contributed by atoms with Crippen molar-refractivity contribution in [2.24, 2.45) is 0 Å². The highest BCUT2D eigenvalue weighted by Gasteiger charge is 2.58. The fraction of sp³-hybridized carbons (Fsp3) is 0.167. The maximum atomic E-state index is 10.5. The predicted octanol–water partition coefficient (Wildman–Crippen LogP) is 1.40. The fourth-order valence-corrected chi connectivity index (χ4v) is 2.26. The van der Waals surface area contributed by atoms with Gasteiger partial charge in [0.2, 0.25) is 0 Å². The maximum absolute atomic E-state index is 10.5. The zero-order valence-electron chi connectivity index (χ0n) is 6.56. The molecule has 0 saturated carbocycles. The topological polar surface area (TPSA) is 112 Å². The van der Waals surface area contributed by atoms with Crippen LogP contribution in [0.4, 0.5) is 14.4 Å². The summed E-state index contributed by atoms with van der Waals surface area (Å²) in [4.78, 5) is 31.6. The zero-order valence-corrected chi connectivity index (χ0v) is 7.56. The molecule has 72 valence electrons. The van der Waals surface area contributed by atoms with Crippen molar-refractivity contribution < 1.29 is 29.7 Å². The highest BCUT2D eigenvalue weighted by atomic mass is 28.3. The van der Waals surface area contributed by atoms with Crippen LogP contribution in [0.25, 0.3) is 0 Å². The third kappa shape index (κ3) is 1.75. The predicted molar refractivity (Wildman–Crippen MR) is 44.8 cm³/mol. The van der Waals surface area contributed by atoms with Gasteiger partial charge in [-0.25, -0.2) is 0 Å². The minimum atomic E-state index is -4.40. The molecule has 0 spiro atoms. The molecule has 0 bridgehead atoms. The Morgan fingerprint density at radius 2 is 1.38 bits per heavy atom. The van der Waals surface area contributed by atoms with Gasteiger partial charge in [0.05, 0.1) is 0 Å². The molecule has 0 rings (SSSR count). The molecule has 0 heterocycles. The fourth-order valence-electron chi connectivity index (χ4n) is 0.753. The van der Waals surface area contributed by atoms with Crippen molar-refractivity contribution in [2.45, 2.75) is 6.04 Å². The molecule has 0 radical (unpaired) electrons. The first-order valence-corrected chi connectivity index (χ1v) is 5.41. The van der Waals surface area contributed by atoms with Gasteiger partial charge in [-0.2, -0.15) is 0 Å². The second-order valence-corrected chi connectivity index (χ2v) is 5.82. The van der Waals surface area contributed by atoms with Crippen molar-refractivity contribution in [3.05, 3.63) is 12.7 Å². The molecule has 0 aromatic carbocycles. The Hall–Kier alpha value is -1.63. The Morgan fingerprint density at radius 1 is 1.08 bits per heavy atom. The number of carbonyl (C=O) groups is 3. The van der Waals surface area contributed by atoms with E-state index in [1.165, 1.54) is 0 Å². The normalized spacial score (nSPS) is 10.5. The van der Waals surface area contributed by atoms with E-state index in [0.29, 0.717) is 0 Å². The molecular formula is C6H8O6Si. The summed E-state index contributed by atoms with van der Waals surface area (Å²) in [6.07, 6.45) is 1.00. The summed E-state index contributed by atoms with van der Waals surface area (Å²) in [5.74, 6) is 0. The lowest BCUT2D eigenvalue weighted by Gasteiger charge is -2.13. The van der Waals surface area contributed by atoms with Crippen LogP contribution >= 0.6 is 0 Å². The largest absolute Gasteiger partial charge is 0.485 e. The average Bonchev–Trinajstić information content (AvgIpc) is 1.97. The third-order valence-electron chi connectivity index (χ3n) is 1.55. The minimum Gasteiger partial charge on any atom is -0.485 e. The average molecular weight is 204 g/mol. The van der Waals surface area contributed by atoms with E-state index in [2.05, 4.69) is 6.58 Å². The monoisotopic (exact) mass is 204 g/mol. The van der Waals surface area contributed by atoms with Crippen molar-refractivity contribution in [3.8, 4) is 0 Å². The summed E-state index contributed by atoms with van der Waals surface area (Å²) in [7, 11) is -4.40. The van der Waals surface area contributed by atoms with E-state index in [1.54, 1.807) is 0 Å². The Balaban J connectivity index is 5.29. The van der Waals surface area contributed by atoms with Gasteiger partial charge in [-0.1, -0.05) is 6.08 Å². The molecule has 0 saturated heterocycles. The molecule has 0 aliphatic heterocycles. The molecular weight excluding hydrogens is 196 g/mol. The quantitative estimate of drug-likeness (QED) is 0.461. The molecule has 0 unspecified atom stereocenters. The second-order valence-electron chi connectivity index (χ2n) is 2.31. The first-order valence-electron chi connectivity index (χ1n) is 3.20. The first kappa shape index (κ1) is 11.4. The van der Waals surface area contributed by atoms with E-state index in [4.69, 9.17) is 15.3 Å². The highest BCUT2D eigenvalue weighted by Crippen LogP contribution is 2.14. The molecule has 0 aliphatic carbocycles. The van der Waals surface area contributed by atoms with Crippen LogP contribution < -0.4 is 0 Å². The molecule has 0 aliphatic rings. The van der Waals surface area contributed by atoms with Gasteiger partial charge in [0.1, 0.15) is 0 Å². The van der Waals surface area contributed by atoms with Crippen LogP contribution in [0.3, 0.4) is 0 Å². The van der Waals surface area contributed by atoms with Crippen LogP contribution in [-0.2, 0) is 0 Å². The Bertz CT molecular complexity index is 234. The molecule has 0 fully saturated rings. The SMILES string of the molecule is C=CC[Si](C(=O)O)(C(=O)O)C(=O)O. The van der Waals surface area contributed by atoms with Gasteiger partial charge in [-0.15, -0.1) is 6.58 Å². The van der Waals surface area contributed by atoms with Crippen LogP contribution in [0.15, 0.2) is 12.7 Å². The van der Waals surface area contributed by atoms with Crippen molar-refractivity contribution in [1.29, 1.82) is 0 Å². The van der Waals surface area contributed by atoms with E-state index in [-0.39, 0.29) is 0 Å². The summed E-state index contributed by atoms with van der Waals surface area (Å²) in [6.45, 7) is 3.14. The summed E-state index contributed by atoms with van der Waals surface area (Å²) in [5, 5.41) is 25.6. The number of rotatable bonds is 5.